The van der Waals surface area contributed by atoms with E-state index in [0.717, 1.165) is 19.6 Å². The first-order chi connectivity index (χ1) is 20.7. The zero-order chi connectivity index (χ0) is 30.5. The number of nitrogens with zero attached hydrogens (tertiary/aromatic N) is 4. The molecule has 1 unspecified atom stereocenters. The third kappa shape index (κ3) is 6.73. The number of thiocarbonyl (C=S) groups is 1. The van der Waals surface area contributed by atoms with Gasteiger partial charge in [0.1, 0.15) is 12.1 Å². The van der Waals surface area contributed by atoms with E-state index in [1.165, 1.54) is 33.6 Å². The van der Waals surface area contributed by atoms with Crippen LogP contribution in [0.2, 0.25) is 0 Å². The number of hydrogen-bond donors (Lipinski definition) is 1. The number of piperidine rings is 1. The number of esters is 1. The molecule has 1 fully saturated rings. The molecular formula is C32H33N5O5S. The van der Waals surface area contributed by atoms with Crippen LogP contribution in [0.5, 0.6) is 0 Å². The second-order valence-electron chi connectivity index (χ2n) is 10.6. The minimum atomic E-state index is -1.04. The lowest BCUT2D eigenvalue weighted by Crippen LogP contribution is -2.55. The first kappa shape index (κ1) is 29.9. The highest BCUT2D eigenvalue weighted by Crippen LogP contribution is 2.37. The van der Waals surface area contributed by atoms with Gasteiger partial charge in [-0.3, -0.25) is 24.8 Å². The first-order valence-corrected chi connectivity index (χ1v) is 14.5. The van der Waals surface area contributed by atoms with Gasteiger partial charge < -0.3 is 10.1 Å². The number of amides is 2. The van der Waals surface area contributed by atoms with Gasteiger partial charge in [0.15, 0.2) is 5.11 Å². The van der Waals surface area contributed by atoms with Crippen molar-refractivity contribution in [2.24, 2.45) is 0 Å². The number of ether oxygens (including phenoxy) is 1. The van der Waals surface area contributed by atoms with Crippen molar-refractivity contribution in [1.29, 1.82) is 0 Å². The van der Waals surface area contributed by atoms with E-state index in [1.54, 1.807) is 32.2 Å². The van der Waals surface area contributed by atoms with Gasteiger partial charge in [0.25, 0.3) is 5.69 Å². The predicted octanol–water partition coefficient (Wildman–Crippen LogP) is 5.56. The average molecular weight is 600 g/mol. The van der Waals surface area contributed by atoms with E-state index in [1.807, 2.05) is 36.4 Å². The van der Waals surface area contributed by atoms with Crippen molar-refractivity contribution in [3.05, 3.63) is 117 Å². The van der Waals surface area contributed by atoms with Gasteiger partial charge in [-0.25, -0.2) is 9.59 Å². The number of para-hydroxylation sites is 1. The van der Waals surface area contributed by atoms with Crippen molar-refractivity contribution in [3.8, 4) is 0 Å². The Morgan fingerprint density at radius 1 is 1.02 bits per heavy atom. The third-order valence-electron chi connectivity index (χ3n) is 7.76. The number of urea groups is 1. The Kier molecular flexibility index (Phi) is 9.13. The largest absolute Gasteiger partial charge is 0.459 e. The molecule has 0 spiro atoms. The Morgan fingerprint density at radius 3 is 2.33 bits per heavy atom. The lowest BCUT2D eigenvalue weighted by Gasteiger charge is -2.40. The Balaban J connectivity index is 1.41. The lowest BCUT2D eigenvalue weighted by atomic mass is 9.93. The summed E-state index contributed by atoms with van der Waals surface area (Å²) < 4.78 is 6.05. The fourth-order valence-corrected chi connectivity index (χ4v) is 5.83. The maximum atomic E-state index is 14.0. The second-order valence-corrected chi connectivity index (χ2v) is 11.0. The summed E-state index contributed by atoms with van der Waals surface area (Å²) in [6.07, 6.45) is 1.02. The molecule has 1 saturated heterocycles. The molecule has 2 heterocycles. The predicted molar refractivity (Wildman–Crippen MR) is 167 cm³/mol. The van der Waals surface area contributed by atoms with Crippen LogP contribution in [0.4, 0.5) is 16.2 Å². The van der Waals surface area contributed by atoms with Crippen LogP contribution < -0.4 is 10.2 Å². The molecule has 1 N–H and O–H groups in total. The van der Waals surface area contributed by atoms with Gasteiger partial charge >= 0.3 is 12.0 Å². The summed E-state index contributed by atoms with van der Waals surface area (Å²) in [5.41, 5.74) is 2.66. The zero-order valence-electron chi connectivity index (χ0n) is 24.0. The van der Waals surface area contributed by atoms with Gasteiger partial charge in [-0.05, 0) is 55.2 Å². The Labute approximate surface area is 255 Å². The molecule has 1 atom stereocenters. The van der Waals surface area contributed by atoms with Gasteiger partial charge in [0.2, 0.25) is 0 Å². The monoisotopic (exact) mass is 599 g/mol. The number of benzene rings is 3. The van der Waals surface area contributed by atoms with Crippen molar-refractivity contribution in [2.75, 3.05) is 25.0 Å². The number of rotatable bonds is 7. The number of nitro groups is 1. The molecule has 0 saturated carbocycles. The molecule has 0 aromatic heterocycles. The number of non-ortho nitro benzene ring substituents is 1. The molecule has 11 heteroatoms. The fourth-order valence-electron chi connectivity index (χ4n) is 5.49. The minimum absolute atomic E-state index is 0.0764. The standard InChI is InChI=1S/C32H33N5O5S/c1-22-28(30(38)42-27-16-18-35(19-17-27)21-23-10-5-3-6-11-23)29(24-12-9-15-26(20-24)37(40)41)36(31(43)33-22)32(39)34(2)25-13-7-4-8-14-25/h3-15,20,27,29H,16-19,21H2,1-2H3,(H,33,43). The number of nitro benzene ring substituents is 1. The maximum Gasteiger partial charge on any atom is 0.338 e. The number of anilines is 1. The number of carbonyl (C=O) groups excluding carboxylic acids is 2. The molecule has 0 bridgehead atoms. The molecule has 3 aromatic rings. The van der Waals surface area contributed by atoms with E-state index in [2.05, 4.69) is 22.3 Å². The molecule has 3 aromatic carbocycles. The normalized spacial score (nSPS) is 17.8. The quantitative estimate of drug-likeness (QED) is 0.163. The highest BCUT2D eigenvalue weighted by atomic mass is 32.1. The van der Waals surface area contributed by atoms with E-state index in [-0.39, 0.29) is 22.5 Å². The van der Waals surface area contributed by atoms with Crippen molar-refractivity contribution in [1.82, 2.24) is 15.1 Å². The smallest absolute Gasteiger partial charge is 0.338 e. The molecule has 0 radical (unpaired) electrons. The van der Waals surface area contributed by atoms with Crippen LogP contribution >= 0.6 is 12.2 Å². The summed E-state index contributed by atoms with van der Waals surface area (Å²) in [6.45, 7) is 4.06. The summed E-state index contributed by atoms with van der Waals surface area (Å²) in [7, 11) is 1.61. The molecule has 10 nitrogen and oxygen atoms in total. The number of likely N-dealkylation sites (tertiary alicyclic amines) is 1. The maximum absolute atomic E-state index is 14.0. The summed E-state index contributed by atoms with van der Waals surface area (Å²) in [6, 6.07) is 23.6. The first-order valence-electron chi connectivity index (χ1n) is 14.1. The van der Waals surface area contributed by atoms with E-state index < -0.39 is 23.0 Å². The van der Waals surface area contributed by atoms with Crippen LogP contribution in [-0.2, 0) is 16.1 Å². The average Bonchev–Trinajstić information content (AvgIpc) is 3.02. The Bertz CT molecular complexity index is 1540. The van der Waals surface area contributed by atoms with Gasteiger partial charge in [0.05, 0.1) is 10.5 Å². The van der Waals surface area contributed by atoms with Crippen LogP contribution in [0.3, 0.4) is 0 Å². The number of nitrogens with one attached hydrogen (secondary N) is 1. The zero-order valence-corrected chi connectivity index (χ0v) is 24.8. The van der Waals surface area contributed by atoms with Crippen molar-refractivity contribution >= 4 is 40.7 Å². The highest BCUT2D eigenvalue weighted by molar-refractivity contribution is 7.80. The van der Waals surface area contributed by atoms with Gasteiger partial charge in [-0.1, -0.05) is 60.7 Å². The van der Waals surface area contributed by atoms with Crippen LogP contribution in [-0.4, -0.2) is 58.1 Å². The van der Waals surface area contributed by atoms with Crippen molar-refractivity contribution < 1.29 is 19.2 Å². The molecule has 222 valence electrons. The molecular weight excluding hydrogens is 566 g/mol. The fraction of sp³-hybridized carbons (Fsp3) is 0.281. The molecule has 2 amide bonds. The van der Waals surface area contributed by atoms with Crippen molar-refractivity contribution in [2.45, 2.75) is 38.5 Å². The Hall–Kier alpha value is -4.61. The summed E-state index contributed by atoms with van der Waals surface area (Å²) >= 11 is 5.62. The van der Waals surface area contributed by atoms with Crippen LogP contribution in [0.25, 0.3) is 0 Å². The van der Waals surface area contributed by atoms with E-state index in [9.17, 15) is 19.7 Å². The topological polar surface area (TPSA) is 108 Å². The molecule has 2 aliphatic rings. The molecule has 2 aliphatic heterocycles. The Morgan fingerprint density at radius 2 is 1.67 bits per heavy atom. The summed E-state index contributed by atoms with van der Waals surface area (Å²) in [5, 5.41) is 14.7. The van der Waals surface area contributed by atoms with Crippen LogP contribution in [0.1, 0.15) is 36.9 Å². The van der Waals surface area contributed by atoms with Gasteiger partial charge in [-0.2, -0.15) is 0 Å². The molecule has 43 heavy (non-hydrogen) atoms. The van der Waals surface area contributed by atoms with Gasteiger partial charge in [0, 0.05) is 50.2 Å². The molecule has 5 rings (SSSR count). The lowest BCUT2D eigenvalue weighted by molar-refractivity contribution is -0.384. The number of allylic oxidation sites excluding steroid dienone is 1. The van der Waals surface area contributed by atoms with E-state index >= 15 is 0 Å². The summed E-state index contributed by atoms with van der Waals surface area (Å²) in [4.78, 5) is 44.1. The number of carbonyl (C=O) groups is 2. The highest BCUT2D eigenvalue weighted by Gasteiger charge is 2.42. The van der Waals surface area contributed by atoms with Crippen molar-refractivity contribution in [3.63, 3.8) is 0 Å². The van der Waals surface area contributed by atoms with E-state index in [0.29, 0.717) is 29.8 Å². The summed E-state index contributed by atoms with van der Waals surface area (Å²) in [5.74, 6) is -0.592. The SMILES string of the molecule is CC1=C(C(=O)OC2CCN(Cc3ccccc3)CC2)C(c2cccc([N+](=O)[O-])c2)N(C(=O)N(C)c2ccccc2)C(=S)N1. The third-order valence-corrected chi connectivity index (χ3v) is 8.06. The number of hydrogen-bond acceptors (Lipinski definition) is 7. The second kappa shape index (κ2) is 13.1. The molecule has 0 aliphatic carbocycles. The van der Waals surface area contributed by atoms with Gasteiger partial charge in [-0.15, -0.1) is 0 Å². The van der Waals surface area contributed by atoms with Crippen LogP contribution in [0.15, 0.2) is 96.2 Å². The minimum Gasteiger partial charge on any atom is -0.459 e. The van der Waals surface area contributed by atoms with E-state index in [4.69, 9.17) is 17.0 Å². The van der Waals surface area contributed by atoms with Crippen LogP contribution in [0, 0.1) is 10.1 Å².